The Hall–Kier alpha value is -1.36. The summed E-state index contributed by atoms with van der Waals surface area (Å²) in [6, 6.07) is 3.62. The standard InChI is InChI=1S/C16H22N2O2S/c1-4-12-15(19)17-9-5-6-13(17)16(20)18(12)11(3)14-8-7-10(2)21-14/h7-8,11-13H,4-6,9H2,1-3H3. The van der Waals surface area contributed by atoms with Crippen molar-refractivity contribution in [2.75, 3.05) is 6.54 Å². The number of hydrogen-bond donors (Lipinski definition) is 0. The molecule has 2 aliphatic rings. The lowest BCUT2D eigenvalue weighted by Gasteiger charge is -2.44. The number of thiophene rings is 1. The number of piperazine rings is 1. The van der Waals surface area contributed by atoms with E-state index in [1.54, 1.807) is 16.2 Å². The van der Waals surface area contributed by atoms with Crippen molar-refractivity contribution in [3.63, 3.8) is 0 Å². The van der Waals surface area contributed by atoms with Crippen LogP contribution in [0.3, 0.4) is 0 Å². The molecule has 2 amide bonds. The predicted octanol–water partition coefficient (Wildman–Crippen LogP) is 2.73. The lowest BCUT2D eigenvalue weighted by atomic mass is 10.0. The Morgan fingerprint density at radius 2 is 2.10 bits per heavy atom. The van der Waals surface area contributed by atoms with Gasteiger partial charge in [0.15, 0.2) is 0 Å². The van der Waals surface area contributed by atoms with Crippen molar-refractivity contribution in [1.29, 1.82) is 0 Å². The van der Waals surface area contributed by atoms with Crippen LogP contribution in [-0.4, -0.2) is 40.2 Å². The Kier molecular flexibility index (Phi) is 3.78. The van der Waals surface area contributed by atoms with E-state index in [4.69, 9.17) is 0 Å². The molecule has 0 spiro atoms. The lowest BCUT2D eigenvalue weighted by molar-refractivity contribution is -0.162. The third-order valence-corrected chi connectivity index (χ3v) is 5.84. The fraction of sp³-hybridized carbons (Fsp3) is 0.625. The van der Waals surface area contributed by atoms with Crippen LogP contribution in [0.15, 0.2) is 12.1 Å². The topological polar surface area (TPSA) is 40.6 Å². The zero-order valence-electron chi connectivity index (χ0n) is 12.8. The fourth-order valence-electron chi connectivity index (χ4n) is 3.57. The first-order chi connectivity index (χ1) is 10.0. The summed E-state index contributed by atoms with van der Waals surface area (Å²) in [5.74, 6) is 0.275. The Labute approximate surface area is 129 Å². The number of nitrogens with zero attached hydrogens (tertiary/aromatic N) is 2. The van der Waals surface area contributed by atoms with Crippen LogP contribution in [0.2, 0.25) is 0 Å². The normalized spacial score (nSPS) is 27.2. The number of carbonyl (C=O) groups is 2. The molecule has 114 valence electrons. The molecule has 3 unspecified atom stereocenters. The Morgan fingerprint density at radius 3 is 2.71 bits per heavy atom. The zero-order valence-corrected chi connectivity index (χ0v) is 13.7. The summed E-state index contributed by atoms with van der Waals surface area (Å²) in [4.78, 5) is 31.6. The van der Waals surface area contributed by atoms with Gasteiger partial charge in [-0.15, -0.1) is 11.3 Å². The quantitative estimate of drug-likeness (QED) is 0.861. The molecule has 2 fully saturated rings. The molecule has 2 aliphatic heterocycles. The lowest BCUT2D eigenvalue weighted by Crippen LogP contribution is -2.62. The number of carbonyl (C=O) groups excluding carboxylic acids is 2. The molecule has 21 heavy (non-hydrogen) atoms. The summed E-state index contributed by atoms with van der Waals surface area (Å²) in [7, 11) is 0. The molecule has 2 saturated heterocycles. The smallest absolute Gasteiger partial charge is 0.246 e. The predicted molar refractivity (Wildman–Crippen MR) is 83.1 cm³/mol. The van der Waals surface area contributed by atoms with Crippen molar-refractivity contribution in [3.8, 4) is 0 Å². The molecule has 3 heterocycles. The summed E-state index contributed by atoms with van der Waals surface area (Å²) >= 11 is 1.71. The maximum Gasteiger partial charge on any atom is 0.246 e. The van der Waals surface area contributed by atoms with Gasteiger partial charge in [0.05, 0.1) is 6.04 Å². The van der Waals surface area contributed by atoms with Crippen molar-refractivity contribution in [3.05, 3.63) is 21.9 Å². The molecule has 0 saturated carbocycles. The highest BCUT2D eigenvalue weighted by atomic mass is 32.1. The van der Waals surface area contributed by atoms with E-state index in [-0.39, 0.29) is 29.9 Å². The maximum absolute atomic E-state index is 12.9. The second-order valence-corrected chi connectivity index (χ2v) is 7.30. The van der Waals surface area contributed by atoms with Gasteiger partial charge in [0, 0.05) is 16.3 Å². The SMILES string of the molecule is CCC1C(=O)N2CCCC2C(=O)N1C(C)c1ccc(C)s1. The van der Waals surface area contributed by atoms with Crippen LogP contribution in [0.5, 0.6) is 0 Å². The molecule has 0 aromatic carbocycles. The highest BCUT2D eigenvalue weighted by molar-refractivity contribution is 7.12. The van der Waals surface area contributed by atoms with Gasteiger partial charge in [0.1, 0.15) is 12.1 Å². The van der Waals surface area contributed by atoms with Crippen LogP contribution in [0, 0.1) is 6.92 Å². The van der Waals surface area contributed by atoms with Gasteiger partial charge >= 0.3 is 0 Å². The van der Waals surface area contributed by atoms with Crippen molar-refractivity contribution in [1.82, 2.24) is 9.80 Å². The highest BCUT2D eigenvalue weighted by Gasteiger charge is 2.48. The van der Waals surface area contributed by atoms with E-state index < -0.39 is 0 Å². The van der Waals surface area contributed by atoms with Gasteiger partial charge in [-0.05, 0) is 45.2 Å². The maximum atomic E-state index is 12.9. The number of aryl methyl sites for hydroxylation is 1. The summed E-state index contributed by atoms with van der Waals surface area (Å²) in [5, 5.41) is 0. The molecule has 4 nitrogen and oxygen atoms in total. The second-order valence-electron chi connectivity index (χ2n) is 5.98. The minimum Gasteiger partial charge on any atom is -0.329 e. The minimum atomic E-state index is -0.302. The van der Waals surface area contributed by atoms with Crippen LogP contribution >= 0.6 is 11.3 Å². The van der Waals surface area contributed by atoms with E-state index in [2.05, 4.69) is 19.1 Å². The van der Waals surface area contributed by atoms with Crippen LogP contribution in [0.4, 0.5) is 0 Å². The molecule has 0 N–H and O–H groups in total. The molecule has 3 rings (SSSR count). The highest BCUT2D eigenvalue weighted by Crippen LogP contribution is 2.35. The fourth-order valence-corrected chi connectivity index (χ4v) is 4.50. The van der Waals surface area contributed by atoms with E-state index in [1.807, 2.05) is 18.7 Å². The molecule has 3 atom stereocenters. The van der Waals surface area contributed by atoms with E-state index >= 15 is 0 Å². The van der Waals surface area contributed by atoms with E-state index in [1.165, 1.54) is 9.75 Å². The molecular formula is C16H22N2O2S. The first kappa shape index (κ1) is 14.6. The summed E-state index contributed by atoms with van der Waals surface area (Å²) in [5.41, 5.74) is 0. The molecule has 5 heteroatoms. The van der Waals surface area contributed by atoms with Crippen LogP contribution < -0.4 is 0 Å². The average Bonchev–Trinajstić information content (AvgIpc) is 3.10. The number of hydrogen-bond acceptors (Lipinski definition) is 3. The summed E-state index contributed by atoms with van der Waals surface area (Å²) in [6.45, 7) is 6.85. The van der Waals surface area contributed by atoms with Crippen LogP contribution in [0.1, 0.15) is 48.9 Å². The molecule has 0 aliphatic carbocycles. The Morgan fingerprint density at radius 1 is 1.33 bits per heavy atom. The average molecular weight is 306 g/mol. The van der Waals surface area contributed by atoms with Crippen molar-refractivity contribution in [2.45, 2.75) is 58.2 Å². The van der Waals surface area contributed by atoms with Crippen LogP contribution in [-0.2, 0) is 9.59 Å². The first-order valence-electron chi connectivity index (χ1n) is 7.73. The van der Waals surface area contributed by atoms with Crippen molar-refractivity contribution >= 4 is 23.2 Å². The molecule has 0 bridgehead atoms. The van der Waals surface area contributed by atoms with Gasteiger partial charge in [0.25, 0.3) is 0 Å². The van der Waals surface area contributed by atoms with Gasteiger partial charge in [0.2, 0.25) is 11.8 Å². The number of rotatable bonds is 3. The van der Waals surface area contributed by atoms with Crippen molar-refractivity contribution < 1.29 is 9.59 Å². The second kappa shape index (κ2) is 5.44. The third kappa shape index (κ3) is 2.27. The Balaban J connectivity index is 1.94. The summed E-state index contributed by atoms with van der Waals surface area (Å²) < 4.78 is 0. The van der Waals surface area contributed by atoms with Gasteiger partial charge < -0.3 is 9.80 Å². The van der Waals surface area contributed by atoms with E-state index in [0.29, 0.717) is 6.42 Å². The Bertz CT molecular complexity index is 568. The first-order valence-corrected chi connectivity index (χ1v) is 8.55. The van der Waals surface area contributed by atoms with Gasteiger partial charge in [-0.1, -0.05) is 6.92 Å². The van der Waals surface area contributed by atoms with Gasteiger partial charge in [-0.25, -0.2) is 0 Å². The third-order valence-electron chi connectivity index (χ3n) is 4.67. The molecule has 1 aromatic rings. The van der Waals surface area contributed by atoms with E-state index in [9.17, 15) is 9.59 Å². The van der Waals surface area contributed by atoms with E-state index in [0.717, 1.165) is 19.4 Å². The molecule has 0 radical (unpaired) electrons. The molecular weight excluding hydrogens is 284 g/mol. The largest absolute Gasteiger partial charge is 0.329 e. The van der Waals surface area contributed by atoms with Gasteiger partial charge in [-0.2, -0.15) is 0 Å². The number of fused-ring (bicyclic) bond motifs is 1. The van der Waals surface area contributed by atoms with Crippen LogP contribution in [0.25, 0.3) is 0 Å². The summed E-state index contributed by atoms with van der Waals surface area (Å²) in [6.07, 6.45) is 2.44. The molecule has 1 aromatic heterocycles. The monoisotopic (exact) mass is 306 g/mol. The van der Waals surface area contributed by atoms with Gasteiger partial charge in [-0.3, -0.25) is 9.59 Å². The zero-order chi connectivity index (χ0) is 15.1. The minimum absolute atomic E-state index is 0.0205. The number of amides is 2. The van der Waals surface area contributed by atoms with Crippen molar-refractivity contribution in [2.24, 2.45) is 0 Å².